The molecule has 2 rings (SSSR count). The zero-order valence-electron chi connectivity index (χ0n) is 19.6. The van der Waals surface area contributed by atoms with Gasteiger partial charge in [0.25, 0.3) is 0 Å². The number of carbonyl (C=O) groups is 2. The number of amides is 2. The van der Waals surface area contributed by atoms with Crippen molar-refractivity contribution in [2.45, 2.75) is 50.6 Å². The monoisotopic (exact) mass is 527 g/mol. The van der Waals surface area contributed by atoms with E-state index in [0.29, 0.717) is 23.0 Å². The molecular formula is C24H31Cl2N3O4S. The summed E-state index contributed by atoms with van der Waals surface area (Å²) in [6.45, 7) is 4.08. The topological polar surface area (TPSA) is 86.8 Å². The number of hydrogen-bond acceptors (Lipinski definition) is 4. The van der Waals surface area contributed by atoms with E-state index in [1.165, 1.54) is 36.2 Å². The zero-order chi connectivity index (χ0) is 25.3. The van der Waals surface area contributed by atoms with Gasteiger partial charge in [-0.1, -0.05) is 55.6 Å². The van der Waals surface area contributed by atoms with Gasteiger partial charge in [0.05, 0.1) is 11.4 Å². The lowest BCUT2D eigenvalue weighted by Gasteiger charge is -2.32. The zero-order valence-corrected chi connectivity index (χ0v) is 22.0. The van der Waals surface area contributed by atoms with Crippen molar-refractivity contribution in [3.05, 3.63) is 64.1 Å². The Morgan fingerprint density at radius 2 is 1.53 bits per heavy atom. The number of carbonyl (C=O) groups excluding carboxylic acids is 2. The van der Waals surface area contributed by atoms with Gasteiger partial charge in [0, 0.05) is 30.2 Å². The molecule has 1 atom stereocenters. The minimum Gasteiger partial charge on any atom is -0.354 e. The molecule has 34 heavy (non-hydrogen) atoms. The lowest BCUT2D eigenvalue weighted by Crippen LogP contribution is -2.51. The smallest absolute Gasteiger partial charge is 0.243 e. The van der Waals surface area contributed by atoms with Crippen LogP contribution in [0.15, 0.2) is 53.4 Å². The Labute approximate surface area is 212 Å². The second-order valence-corrected chi connectivity index (χ2v) is 10.8. The fraction of sp³-hybridized carbons (Fsp3) is 0.417. The van der Waals surface area contributed by atoms with Gasteiger partial charge in [-0.2, -0.15) is 4.31 Å². The second kappa shape index (κ2) is 13.1. The molecule has 2 amide bonds. The molecule has 0 radical (unpaired) electrons. The molecule has 0 aromatic heterocycles. The first-order chi connectivity index (χ1) is 16.1. The van der Waals surface area contributed by atoms with Crippen molar-refractivity contribution >= 4 is 45.0 Å². The Balaban J connectivity index is 2.28. The third-order valence-corrected chi connectivity index (χ3v) is 7.68. The third kappa shape index (κ3) is 7.70. The lowest BCUT2D eigenvalue weighted by molar-refractivity contribution is -0.141. The van der Waals surface area contributed by atoms with Gasteiger partial charge in [-0.05, 0) is 54.8 Å². The van der Waals surface area contributed by atoms with Crippen molar-refractivity contribution < 1.29 is 18.0 Å². The lowest BCUT2D eigenvalue weighted by atomic mass is 10.1. The van der Waals surface area contributed by atoms with Crippen LogP contribution in [-0.2, 0) is 26.2 Å². The highest BCUT2D eigenvalue weighted by atomic mass is 35.5. The molecule has 0 saturated carbocycles. The molecule has 0 heterocycles. The van der Waals surface area contributed by atoms with Crippen molar-refractivity contribution in [2.24, 2.45) is 0 Å². The molecule has 7 nitrogen and oxygen atoms in total. The number of rotatable bonds is 12. The minimum atomic E-state index is -3.92. The quantitative estimate of drug-likeness (QED) is 0.416. The summed E-state index contributed by atoms with van der Waals surface area (Å²) in [5.41, 5.74) is 0.778. The molecular weight excluding hydrogens is 497 g/mol. The van der Waals surface area contributed by atoms with E-state index in [1.807, 2.05) is 13.8 Å². The molecule has 0 aliphatic rings. The highest BCUT2D eigenvalue weighted by molar-refractivity contribution is 7.89. The molecule has 186 valence electrons. The van der Waals surface area contributed by atoms with Crippen LogP contribution in [0.1, 0.15) is 38.7 Å². The first kappa shape index (κ1) is 28.1. The van der Waals surface area contributed by atoms with Crippen LogP contribution in [0.4, 0.5) is 0 Å². The van der Waals surface area contributed by atoms with Crippen LogP contribution in [-0.4, -0.2) is 55.6 Å². The van der Waals surface area contributed by atoms with Crippen LogP contribution in [0.25, 0.3) is 0 Å². The van der Waals surface area contributed by atoms with Gasteiger partial charge in [0.2, 0.25) is 21.8 Å². The Morgan fingerprint density at radius 3 is 2.06 bits per heavy atom. The van der Waals surface area contributed by atoms with E-state index in [-0.39, 0.29) is 17.3 Å². The molecule has 0 spiro atoms. The van der Waals surface area contributed by atoms with E-state index in [0.717, 1.165) is 22.7 Å². The molecule has 0 aliphatic carbocycles. The fourth-order valence-corrected chi connectivity index (χ4v) is 4.74. The number of hydrogen-bond donors (Lipinski definition) is 1. The number of nitrogens with one attached hydrogen (secondary N) is 1. The normalized spacial score (nSPS) is 12.4. The fourth-order valence-electron chi connectivity index (χ4n) is 3.36. The van der Waals surface area contributed by atoms with Crippen molar-refractivity contribution in [1.82, 2.24) is 14.5 Å². The van der Waals surface area contributed by atoms with E-state index in [1.54, 1.807) is 24.3 Å². The summed E-state index contributed by atoms with van der Waals surface area (Å²) in [5.74, 6) is -0.742. The molecule has 0 fully saturated rings. The first-order valence-corrected chi connectivity index (χ1v) is 13.3. The Bertz CT molecular complexity index is 1060. The van der Waals surface area contributed by atoms with Gasteiger partial charge in [-0.25, -0.2) is 8.42 Å². The molecule has 0 saturated heterocycles. The highest BCUT2D eigenvalue weighted by Crippen LogP contribution is 2.19. The molecule has 0 bridgehead atoms. The maximum atomic E-state index is 13.4. The first-order valence-electron chi connectivity index (χ1n) is 11.1. The molecule has 1 N–H and O–H groups in total. The summed E-state index contributed by atoms with van der Waals surface area (Å²) < 4.78 is 26.9. The third-order valence-electron chi connectivity index (χ3n) is 5.36. The SMILES string of the molecule is CCCCNC(=O)C(CC)N(Cc1ccc(Cl)cc1)C(=O)CN(C)S(=O)(=O)c1ccc(Cl)cc1. The van der Waals surface area contributed by atoms with Gasteiger partial charge in [-0.15, -0.1) is 0 Å². The van der Waals surface area contributed by atoms with Crippen molar-refractivity contribution in [3.63, 3.8) is 0 Å². The summed E-state index contributed by atoms with van der Waals surface area (Å²) in [6.07, 6.45) is 2.14. The van der Waals surface area contributed by atoms with Crippen LogP contribution >= 0.6 is 23.2 Å². The number of benzene rings is 2. The Hall–Kier alpha value is -2.13. The molecule has 1 unspecified atom stereocenters. The highest BCUT2D eigenvalue weighted by Gasteiger charge is 2.31. The predicted molar refractivity (Wildman–Crippen MR) is 135 cm³/mol. The van der Waals surface area contributed by atoms with E-state index < -0.39 is 28.5 Å². The number of unbranched alkanes of at least 4 members (excludes halogenated alkanes) is 1. The summed E-state index contributed by atoms with van der Waals surface area (Å²) in [4.78, 5) is 27.7. The maximum absolute atomic E-state index is 13.4. The molecule has 0 aliphatic heterocycles. The van der Waals surface area contributed by atoms with Crippen molar-refractivity contribution in [1.29, 1.82) is 0 Å². The standard InChI is InChI=1S/C24H31Cl2N3O4S/c1-4-6-15-27-24(31)22(5-2)29(16-18-7-9-19(25)10-8-18)23(30)17-28(3)34(32,33)21-13-11-20(26)12-14-21/h7-14,22H,4-6,15-17H2,1-3H3,(H,27,31). The number of likely N-dealkylation sites (N-methyl/N-ethyl adjacent to an activating group) is 1. The van der Waals surface area contributed by atoms with Crippen LogP contribution < -0.4 is 5.32 Å². The Kier molecular flexibility index (Phi) is 10.8. The predicted octanol–water partition coefficient (Wildman–Crippen LogP) is 4.34. The average molecular weight is 529 g/mol. The van der Waals surface area contributed by atoms with E-state index in [9.17, 15) is 18.0 Å². The molecule has 10 heteroatoms. The summed E-state index contributed by atoms with van der Waals surface area (Å²) >= 11 is 11.8. The van der Waals surface area contributed by atoms with Gasteiger partial charge >= 0.3 is 0 Å². The number of nitrogens with zero attached hydrogens (tertiary/aromatic N) is 2. The van der Waals surface area contributed by atoms with Crippen molar-refractivity contribution in [2.75, 3.05) is 20.1 Å². The van der Waals surface area contributed by atoms with Gasteiger partial charge in [0.1, 0.15) is 6.04 Å². The molecule has 2 aromatic rings. The summed E-state index contributed by atoms with van der Waals surface area (Å²) in [6, 6.07) is 12.0. The van der Waals surface area contributed by atoms with Gasteiger partial charge in [0.15, 0.2) is 0 Å². The summed E-state index contributed by atoms with van der Waals surface area (Å²) in [7, 11) is -2.59. The van der Waals surface area contributed by atoms with Crippen LogP contribution in [0, 0.1) is 0 Å². The van der Waals surface area contributed by atoms with Crippen molar-refractivity contribution in [3.8, 4) is 0 Å². The number of halogens is 2. The Morgan fingerprint density at radius 1 is 0.971 bits per heavy atom. The van der Waals surface area contributed by atoms with Crippen LogP contribution in [0.3, 0.4) is 0 Å². The largest absolute Gasteiger partial charge is 0.354 e. The minimum absolute atomic E-state index is 0.0285. The van der Waals surface area contributed by atoms with E-state index in [2.05, 4.69) is 5.32 Å². The average Bonchev–Trinajstić information content (AvgIpc) is 2.80. The number of sulfonamides is 1. The summed E-state index contributed by atoms with van der Waals surface area (Å²) in [5, 5.41) is 3.85. The molecule has 2 aromatic carbocycles. The van der Waals surface area contributed by atoms with Crippen LogP contribution in [0.5, 0.6) is 0 Å². The van der Waals surface area contributed by atoms with E-state index in [4.69, 9.17) is 23.2 Å². The van der Waals surface area contributed by atoms with Gasteiger partial charge in [-0.3, -0.25) is 9.59 Å². The maximum Gasteiger partial charge on any atom is 0.243 e. The van der Waals surface area contributed by atoms with E-state index >= 15 is 0 Å². The van der Waals surface area contributed by atoms with Gasteiger partial charge < -0.3 is 10.2 Å². The second-order valence-electron chi connectivity index (χ2n) is 7.93. The van der Waals surface area contributed by atoms with Crippen LogP contribution in [0.2, 0.25) is 10.0 Å².